The first-order chi connectivity index (χ1) is 8.98. The molecule has 19 heavy (non-hydrogen) atoms. The zero-order valence-corrected chi connectivity index (χ0v) is 13.5. The minimum atomic E-state index is 0.236. The van der Waals surface area contributed by atoms with Crippen molar-refractivity contribution in [3.8, 4) is 5.75 Å². The zero-order valence-electron chi connectivity index (χ0n) is 12.7. The van der Waals surface area contributed by atoms with Crippen LogP contribution in [0.25, 0.3) is 0 Å². The van der Waals surface area contributed by atoms with Gasteiger partial charge in [0.05, 0.1) is 18.8 Å². The van der Waals surface area contributed by atoms with Crippen LogP contribution >= 0.6 is 11.8 Å². The van der Waals surface area contributed by atoms with Crippen LogP contribution in [-0.2, 0) is 0 Å². The van der Waals surface area contributed by atoms with E-state index in [-0.39, 0.29) is 10.8 Å². The fourth-order valence-corrected chi connectivity index (χ4v) is 2.67. The van der Waals surface area contributed by atoms with Gasteiger partial charge in [0, 0.05) is 16.7 Å². The predicted octanol–water partition coefficient (Wildman–Crippen LogP) is 3.66. The van der Waals surface area contributed by atoms with Crippen molar-refractivity contribution in [2.45, 2.75) is 44.9 Å². The zero-order chi connectivity index (χ0) is 14.3. The number of hydrogen-bond donors (Lipinski definition) is 1. The summed E-state index contributed by atoms with van der Waals surface area (Å²) in [5.41, 5.74) is 1.01. The molecule has 0 aliphatic heterocycles. The minimum Gasteiger partial charge on any atom is -0.495 e. The van der Waals surface area contributed by atoms with Gasteiger partial charge in [0.1, 0.15) is 5.75 Å². The Bertz CT molecular complexity index is 377. The summed E-state index contributed by atoms with van der Waals surface area (Å²) >= 11 is 1.95. The summed E-state index contributed by atoms with van der Waals surface area (Å²) in [5, 5.41) is 3.57. The Kier molecular flexibility index (Phi) is 6.66. The quantitative estimate of drug-likeness (QED) is 0.827. The van der Waals surface area contributed by atoms with E-state index in [4.69, 9.17) is 4.74 Å². The van der Waals surface area contributed by atoms with Crippen molar-refractivity contribution >= 4 is 11.8 Å². The number of rotatable bonds is 7. The first-order valence-corrected chi connectivity index (χ1v) is 7.82. The van der Waals surface area contributed by atoms with Crippen LogP contribution in [0.15, 0.2) is 18.3 Å². The van der Waals surface area contributed by atoms with E-state index < -0.39 is 0 Å². The van der Waals surface area contributed by atoms with Crippen molar-refractivity contribution in [2.75, 3.05) is 19.4 Å². The summed E-state index contributed by atoms with van der Waals surface area (Å²) in [5.74, 6) is 1.86. The topological polar surface area (TPSA) is 34.2 Å². The van der Waals surface area contributed by atoms with E-state index in [1.807, 2.05) is 30.1 Å². The van der Waals surface area contributed by atoms with E-state index in [1.54, 1.807) is 7.11 Å². The third-order valence-corrected chi connectivity index (χ3v) is 4.04. The average Bonchev–Trinajstić information content (AvgIpc) is 2.38. The van der Waals surface area contributed by atoms with Crippen molar-refractivity contribution in [1.82, 2.24) is 10.3 Å². The molecule has 1 aromatic heterocycles. The van der Waals surface area contributed by atoms with Gasteiger partial charge in [0.2, 0.25) is 0 Å². The Labute approximate surface area is 121 Å². The molecule has 3 nitrogen and oxygen atoms in total. The highest BCUT2D eigenvalue weighted by Gasteiger charge is 2.20. The second-order valence-electron chi connectivity index (χ2n) is 5.52. The van der Waals surface area contributed by atoms with Crippen LogP contribution in [0.4, 0.5) is 0 Å². The average molecular weight is 282 g/mol. The summed E-state index contributed by atoms with van der Waals surface area (Å²) in [6, 6.07) is 4.13. The van der Waals surface area contributed by atoms with Crippen LogP contribution in [0.5, 0.6) is 5.75 Å². The van der Waals surface area contributed by atoms with E-state index in [9.17, 15) is 0 Å². The first-order valence-electron chi connectivity index (χ1n) is 6.84. The molecule has 4 heteroatoms. The van der Waals surface area contributed by atoms with Crippen LogP contribution in [0.2, 0.25) is 0 Å². The minimum absolute atomic E-state index is 0.236. The van der Waals surface area contributed by atoms with Gasteiger partial charge >= 0.3 is 0 Å². The van der Waals surface area contributed by atoms with Crippen molar-refractivity contribution in [2.24, 2.45) is 0 Å². The van der Waals surface area contributed by atoms with Gasteiger partial charge in [-0.2, -0.15) is 11.8 Å². The molecule has 1 rings (SSSR count). The number of nitrogens with zero attached hydrogens (tertiary/aromatic N) is 1. The molecule has 1 N–H and O–H groups in total. The van der Waals surface area contributed by atoms with Gasteiger partial charge in [0.15, 0.2) is 0 Å². The molecule has 0 saturated heterocycles. The van der Waals surface area contributed by atoms with Crippen LogP contribution in [0.1, 0.15) is 45.9 Å². The lowest BCUT2D eigenvalue weighted by molar-refractivity contribution is 0.398. The molecule has 1 heterocycles. The van der Waals surface area contributed by atoms with Crippen molar-refractivity contribution in [3.05, 3.63) is 24.0 Å². The number of nitrogens with one attached hydrogen (secondary N) is 1. The lowest BCUT2D eigenvalue weighted by atomic mass is 10.2. The van der Waals surface area contributed by atoms with Crippen LogP contribution in [-0.4, -0.2) is 29.1 Å². The number of aromatic nitrogens is 1. The molecule has 108 valence electrons. The Morgan fingerprint density at radius 2 is 2.16 bits per heavy atom. The van der Waals surface area contributed by atoms with E-state index in [1.165, 1.54) is 0 Å². The molecule has 1 aromatic rings. The Morgan fingerprint density at radius 1 is 1.42 bits per heavy atom. The highest BCUT2D eigenvalue weighted by Crippen LogP contribution is 2.30. The van der Waals surface area contributed by atoms with Gasteiger partial charge in [-0.25, -0.2) is 0 Å². The van der Waals surface area contributed by atoms with Gasteiger partial charge in [-0.1, -0.05) is 27.7 Å². The number of hydrogen-bond acceptors (Lipinski definition) is 4. The fourth-order valence-electron chi connectivity index (χ4n) is 1.72. The molecular formula is C15H26N2OS. The Morgan fingerprint density at radius 3 is 2.74 bits per heavy atom. The molecule has 0 amide bonds. The van der Waals surface area contributed by atoms with Gasteiger partial charge in [-0.05, 0) is 25.1 Å². The second-order valence-corrected chi connectivity index (χ2v) is 7.37. The lowest BCUT2D eigenvalue weighted by Gasteiger charge is -2.24. The van der Waals surface area contributed by atoms with Gasteiger partial charge < -0.3 is 10.1 Å². The largest absolute Gasteiger partial charge is 0.495 e. The molecule has 0 fully saturated rings. The third-order valence-electron chi connectivity index (χ3n) is 2.67. The predicted molar refractivity (Wildman–Crippen MR) is 84.0 cm³/mol. The van der Waals surface area contributed by atoms with Gasteiger partial charge in [-0.3, -0.25) is 4.98 Å². The molecule has 0 saturated carbocycles. The molecule has 1 unspecified atom stereocenters. The molecule has 1 atom stereocenters. The summed E-state index contributed by atoms with van der Waals surface area (Å²) in [6.07, 6.45) is 2.95. The Balaban J connectivity index is 2.82. The maximum atomic E-state index is 5.43. The molecule has 0 aliphatic carbocycles. The standard InChI is InChI=1S/C15H26N2OS/c1-6-9-16-12(11-19-15(2,3)4)14-13(18-5)8-7-10-17-14/h7-8,10,12,16H,6,9,11H2,1-5H3. The highest BCUT2D eigenvalue weighted by molar-refractivity contribution is 8.00. The van der Waals surface area contributed by atoms with E-state index in [0.717, 1.165) is 30.2 Å². The number of methoxy groups -OCH3 is 1. The van der Waals surface area contributed by atoms with Crippen LogP contribution in [0, 0.1) is 0 Å². The number of pyridine rings is 1. The molecule has 0 aromatic carbocycles. The molecular weight excluding hydrogens is 256 g/mol. The second kappa shape index (κ2) is 7.75. The molecule has 0 aliphatic rings. The number of thioether (sulfide) groups is 1. The smallest absolute Gasteiger partial charge is 0.142 e. The SMILES string of the molecule is CCCNC(CSC(C)(C)C)c1ncccc1OC. The van der Waals surface area contributed by atoms with E-state index in [0.29, 0.717) is 0 Å². The Hall–Kier alpha value is -0.740. The van der Waals surface area contributed by atoms with Crippen molar-refractivity contribution in [1.29, 1.82) is 0 Å². The summed E-state index contributed by atoms with van der Waals surface area (Å²) in [6.45, 7) is 9.89. The normalized spacial score (nSPS) is 13.3. The monoisotopic (exact) mass is 282 g/mol. The first kappa shape index (κ1) is 16.3. The third kappa shape index (κ3) is 5.83. The fraction of sp³-hybridized carbons (Fsp3) is 0.667. The number of ether oxygens (including phenoxy) is 1. The maximum absolute atomic E-state index is 5.43. The van der Waals surface area contributed by atoms with Crippen molar-refractivity contribution < 1.29 is 4.74 Å². The van der Waals surface area contributed by atoms with E-state index in [2.05, 4.69) is 38.0 Å². The molecule has 0 spiro atoms. The highest BCUT2D eigenvalue weighted by atomic mass is 32.2. The summed E-state index contributed by atoms with van der Waals surface area (Å²) in [4.78, 5) is 4.50. The lowest BCUT2D eigenvalue weighted by Crippen LogP contribution is -2.27. The molecule has 0 bridgehead atoms. The van der Waals surface area contributed by atoms with Gasteiger partial charge in [0.25, 0.3) is 0 Å². The maximum Gasteiger partial charge on any atom is 0.142 e. The molecule has 0 radical (unpaired) electrons. The van der Waals surface area contributed by atoms with E-state index >= 15 is 0 Å². The summed E-state index contributed by atoms with van der Waals surface area (Å²) < 4.78 is 5.68. The summed E-state index contributed by atoms with van der Waals surface area (Å²) in [7, 11) is 1.70. The van der Waals surface area contributed by atoms with Gasteiger partial charge in [-0.15, -0.1) is 0 Å². The van der Waals surface area contributed by atoms with Crippen LogP contribution in [0.3, 0.4) is 0 Å². The van der Waals surface area contributed by atoms with Crippen molar-refractivity contribution in [3.63, 3.8) is 0 Å². The van der Waals surface area contributed by atoms with Crippen LogP contribution < -0.4 is 10.1 Å².